The molecule has 3 N–H and O–H groups in total. The van der Waals surface area contributed by atoms with Gasteiger partial charge in [-0.2, -0.15) is 8.78 Å². The molecule has 0 aliphatic carbocycles. The van der Waals surface area contributed by atoms with Gasteiger partial charge >= 0.3 is 11.9 Å². The molecule has 1 fully saturated rings. The lowest BCUT2D eigenvalue weighted by Crippen LogP contribution is -2.49. The number of hydrogen-bond acceptors (Lipinski definition) is 5. The van der Waals surface area contributed by atoms with E-state index in [0.29, 0.717) is 0 Å². The van der Waals surface area contributed by atoms with Crippen LogP contribution in [0.25, 0.3) is 0 Å². The second-order valence-electron chi connectivity index (χ2n) is 3.49. The Labute approximate surface area is 97.7 Å². The molecule has 0 aromatic rings. The number of piperidine rings is 1. The van der Waals surface area contributed by atoms with Crippen molar-refractivity contribution in [2.24, 2.45) is 10.7 Å². The van der Waals surface area contributed by atoms with Gasteiger partial charge in [0.1, 0.15) is 11.4 Å². The fourth-order valence-corrected chi connectivity index (χ4v) is 1.59. The third-order valence-corrected chi connectivity index (χ3v) is 2.33. The van der Waals surface area contributed by atoms with Crippen molar-refractivity contribution in [2.45, 2.75) is 12.8 Å². The average molecular weight is 247 g/mol. The van der Waals surface area contributed by atoms with Crippen LogP contribution in [0, 0.1) is 0 Å². The number of esters is 1. The van der Waals surface area contributed by atoms with Crippen molar-refractivity contribution >= 4 is 11.7 Å². The third-order valence-electron chi connectivity index (χ3n) is 2.33. The Bertz CT molecular complexity index is 378. The van der Waals surface area contributed by atoms with Gasteiger partial charge in [-0.1, -0.05) is 0 Å². The summed E-state index contributed by atoms with van der Waals surface area (Å²) in [5.74, 6) is -3.93. The van der Waals surface area contributed by atoms with Gasteiger partial charge in [0.15, 0.2) is 0 Å². The van der Waals surface area contributed by atoms with Crippen LogP contribution >= 0.6 is 0 Å². The number of aliphatic imine (C=N–C) groups is 1. The van der Waals surface area contributed by atoms with E-state index in [2.05, 4.69) is 15.0 Å². The van der Waals surface area contributed by atoms with Gasteiger partial charge in [0.25, 0.3) is 0 Å². The molecule has 1 saturated heterocycles. The van der Waals surface area contributed by atoms with Gasteiger partial charge in [-0.25, -0.2) is 4.79 Å². The van der Waals surface area contributed by atoms with Gasteiger partial charge in [-0.3, -0.25) is 4.99 Å². The molecule has 0 aromatic heterocycles. The Morgan fingerprint density at radius 2 is 2.29 bits per heavy atom. The first-order valence-corrected chi connectivity index (χ1v) is 5.16. The molecule has 0 radical (unpaired) electrons. The van der Waals surface area contributed by atoms with Gasteiger partial charge in [0.05, 0.1) is 13.2 Å². The normalized spacial score (nSPS) is 24.6. The Hall–Kier alpha value is -1.50. The van der Waals surface area contributed by atoms with E-state index >= 15 is 0 Å². The number of nitrogens with two attached hydrogens (primary N) is 1. The van der Waals surface area contributed by atoms with E-state index in [4.69, 9.17) is 5.73 Å². The lowest BCUT2D eigenvalue weighted by Gasteiger charge is -2.27. The minimum absolute atomic E-state index is 0.00204. The molecule has 17 heavy (non-hydrogen) atoms. The van der Waals surface area contributed by atoms with Crippen molar-refractivity contribution in [3.63, 3.8) is 0 Å². The maximum Gasteiger partial charge on any atom is 0.354 e. The molecule has 1 aliphatic heterocycles. The Balaban J connectivity index is 3.10. The highest BCUT2D eigenvalue weighted by atomic mass is 19.3. The Kier molecular flexibility index (Phi) is 4.17. The molecule has 0 amide bonds. The maximum atomic E-state index is 13.5. The number of rotatable bonds is 2. The van der Waals surface area contributed by atoms with Crippen LogP contribution in [0.5, 0.6) is 0 Å². The topological polar surface area (TPSA) is 76.7 Å². The highest BCUT2D eigenvalue weighted by Gasteiger charge is 2.42. The van der Waals surface area contributed by atoms with Crippen molar-refractivity contribution in [3.8, 4) is 0 Å². The lowest BCUT2D eigenvalue weighted by molar-refractivity contribution is -0.138. The number of nitrogens with one attached hydrogen (secondary N) is 1. The van der Waals surface area contributed by atoms with Crippen LogP contribution in [0.4, 0.5) is 8.78 Å². The predicted octanol–water partition coefficient (Wildman–Crippen LogP) is 0.0716. The van der Waals surface area contributed by atoms with E-state index in [9.17, 15) is 13.6 Å². The number of nitrogens with zero attached hydrogens (tertiary/aromatic N) is 1. The van der Waals surface area contributed by atoms with Gasteiger partial charge < -0.3 is 15.8 Å². The van der Waals surface area contributed by atoms with E-state index in [1.165, 1.54) is 7.05 Å². The molecule has 1 aliphatic rings. The van der Waals surface area contributed by atoms with E-state index in [1.54, 1.807) is 6.92 Å². The number of carbonyl (C=O) groups excluding carboxylic acids is 1. The predicted molar refractivity (Wildman–Crippen MR) is 59.0 cm³/mol. The molecule has 0 bridgehead atoms. The molecule has 0 saturated carbocycles. The van der Waals surface area contributed by atoms with Crippen molar-refractivity contribution in [1.29, 1.82) is 0 Å². The molecular formula is C10H15F2N3O2. The summed E-state index contributed by atoms with van der Waals surface area (Å²) in [5.41, 5.74) is 4.74. The fraction of sp³-hybridized carbons (Fsp3) is 0.600. The fourth-order valence-electron chi connectivity index (χ4n) is 1.59. The van der Waals surface area contributed by atoms with E-state index < -0.39 is 24.1 Å². The Morgan fingerprint density at radius 3 is 2.82 bits per heavy atom. The minimum atomic E-state index is -3.13. The second-order valence-corrected chi connectivity index (χ2v) is 3.49. The first-order chi connectivity index (χ1) is 7.94. The summed E-state index contributed by atoms with van der Waals surface area (Å²) >= 11 is 0. The quantitative estimate of drug-likeness (QED) is 0.535. The third kappa shape index (κ3) is 2.79. The zero-order valence-electron chi connectivity index (χ0n) is 9.72. The van der Waals surface area contributed by atoms with Crippen LogP contribution in [-0.4, -0.2) is 44.3 Å². The summed E-state index contributed by atoms with van der Waals surface area (Å²) in [6.07, 6.45) is 0. The van der Waals surface area contributed by atoms with Crippen LogP contribution in [0.15, 0.2) is 16.3 Å². The van der Waals surface area contributed by atoms with E-state index in [-0.39, 0.29) is 24.4 Å². The number of ether oxygens (including phenoxy) is 1. The zero-order chi connectivity index (χ0) is 13.1. The summed E-state index contributed by atoms with van der Waals surface area (Å²) in [5, 5.41) is 2.49. The van der Waals surface area contributed by atoms with Crippen LogP contribution in [0.2, 0.25) is 0 Å². The summed E-state index contributed by atoms with van der Waals surface area (Å²) in [6.45, 7) is 1.31. The number of carbonyl (C=O) groups is 1. The van der Waals surface area contributed by atoms with Crippen molar-refractivity contribution < 1.29 is 18.3 Å². The van der Waals surface area contributed by atoms with Gasteiger partial charge in [0.2, 0.25) is 0 Å². The summed E-state index contributed by atoms with van der Waals surface area (Å²) in [4.78, 5) is 14.9. The molecule has 1 rings (SSSR count). The molecule has 0 aromatic carbocycles. The largest absolute Gasteiger partial charge is 0.461 e. The number of halogens is 2. The zero-order valence-corrected chi connectivity index (χ0v) is 9.72. The molecule has 1 heterocycles. The van der Waals surface area contributed by atoms with Crippen LogP contribution in [-0.2, 0) is 9.53 Å². The van der Waals surface area contributed by atoms with E-state index in [0.717, 1.165) is 0 Å². The van der Waals surface area contributed by atoms with Crippen LogP contribution in [0.1, 0.15) is 6.92 Å². The Morgan fingerprint density at radius 1 is 1.65 bits per heavy atom. The minimum Gasteiger partial charge on any atom is -0.461 e. The highest BCUT2D eigenvalue weighted by molar-refractivity contribution is 6.11. The molecule has 0 unspecified atom stereocenters. The van der Waals surface area contributed by atoms with E-state index in [1.807, 2.05) is 0 Å². The van der Waals surface area contributed by atoms with Gasteiger partial charge in [-0.15, -0.1) is 0 Å². The highest BCUT2D eigenvalue weighted by Crippen LogP contribution is 2.24. The molecule has 0 spiro atoms. The smallest absolute Gasteiger partial charge is 0.354 e. The summed E-state index contributed by atoms with van der Waals surface area (Å²) in [6, 6.07) is 0. The standard InChI is InChI=1S/C10H15F2N3O2/c1-3-17-9(16)7(13)6-4-15-5-10(11,12)8(6)14-2/h15H,3-5,13H2,1-2H3/b7-6-,14-8?. The monoisotopic (exact) mass is 247 g/mol. The number of hydrogen-bond donors (Lipinski definition) is 2. The van der Waals surface area contributed by atoms with Crippen molar-refractivity contribution in [3.05, 3.63) is 11.3 Å². The maximum absolute atomic E-state index is 13.5. The first-order valence-electron chi connectivity index (χ1n) is 5.16. The van der Waals surface area contributed by atoms with Crippen LogP contribution in [0.3, 0.4) is 0 Å². The summed E-state index contributed by atoms with van der Waals surface area (Å²) < 4.78 is 31.7. The van der Waals surface area contributed by atoms with Crippen molar-refractivity contribution in [1.82, 2.24) is 5.32 Å². The number of alkyl halides is 2. The summed E-state index contributed by atoms with van der Waals surface area (Å²) in [7, 11) is 1.24. The average Bonchev–Trinajstić information content (AvgIpc) is 2.26. The molecule has 0 atom stereocenters. The molecule has 5 nitrogen and oxygen atoms in total. The second kappa shape index (κ2) is 5.22. The molecule has 7 heteroatoms. The molecular weight excluding hydrogens is 232 g/mol. The van der Waals surface area contributed by atoms with Gasteiger partial charge in [0, 0.05) is 19.2 Å². The molecule has 96 valence electrons. The van der Waals surface area contributed by atoms with Crippen LogP contribution < -0.4 is 11.1 Å². The first kappa shape index (κ1) is 13.6. The van der Waals surface area contributed by atoms with Crippen molar-refractivity contribution in [2.75, 3.05) is 26.7 Å². The lowest BCUT2D eigenvalue weighted by atomic mass is 9.98. The van der Waals surface area contributed by atoms with Gasteiger partial charge in [-0.05, 0) is 6.92 Å². The SMILES string of the molecule is CCOC(=O)/C(N)=C1\CNCC(F)(F)C1=NC.